The summed E-state index contributed by atoms with van der Waals surface area (Å²) < 4.78 is 0. The predicted octanol–water partition coefficient (Wildman–Crippen LogP) is 6.43. The number of thiocarbonyl (C=S) groups is 1. The lowest BCUT2D eigenvalue weighted by atomic mass is 10.1. The van der Waals surface area contributed by atoms with Gasteiger partial charge in [-0.15, -0.1) is 11.8 Å². The maximum atomic E-state index is 12.7. The third-order valence-corrected chi connectivity index (χ3v) is 6.48. The van der Waals surface area contributed by atoms with Crippen LogP contribution in [0, 0.1) is 13.8 Å². The van der Waals surface area contributed by atoms with E-state index in [2.05, 4.69) is 16.0 Å². The molecule has 0 fully saturated rings. The van der Waals surface area contributed by atoms with Crippen LogP contribution in [0.1, 0.15) is 35.3 Å². The van der Waals surface area contributed by atoms with E-state index in [0.29, 0.717) is 10.7 Å². The van der Waals surface area contributed by atoms with E-state index in [1.165, 1.54) is 18.7 Å². The van der Waals surface area contributed by atoms with Gasteiger partial charge in [-0.3, -0.25) is 9.59 Å². The van der Waals surface area contributed by atoms with Gasteiger partial charge >= 0.3 is 0 Å². The quantitative estimate of drug-likeness (QED) is 0.207. The summed E-state index contributed by atoms with van der Waals surface area (Å²) in [7, 11) is 0. The molecule has 0 aromatic heterocycles. The van der Waals surface area contributed by atoms with E-state index in [4.69, 9.17) is 12.2 Å². The van der Waals surface area contributed by atoms with Crippen molar-refractivity contribution in [3.05, 3.63) is 83.4 Å². The van der Waals surface area contributed by atoms with Gasteiger partial charge < -0.3 is 16.0 Å². The Morgan fingerprint density at radius 1 is 0.879 bits per heavy atom. The number of Topliss-reactive ketones (excluding diaryl/α,β-unsaturated/α-hetero) is 1. The van der Waals surface area contributed by atoms with Crippen LogP contribution in [-0.2, 0) is 4.79 Å². The maximum absolute atomic E-state index is 12.7. The van der Waals surface area contributed by atoms with Crippen LogP contribution in [0.15, 0.2) is 71.6 Å². The van der Waals surface area contributed by atoms with Crippen LogP contribution in [0.2, 0.25) is 0 Å². The first-order valence-corrected chi connectivity index (χ1v) is 11.8. The molecule has 3 rings (SSSR count). The minimum Gasteiger partial charge on any atom is -0.332 e. The molecule has 0 saturated heterocycles. The van der Waals surface area contributed by atoms with Crippen LogP contribution < -0.4 is 16.0 Å². The number of hydrogen-bond donors (Lipinski definition) is 3. The van der Waals surface area contributed by atoms with Gasteiger partial charge in [-0.2, -0.15) is 0 Å². The number of hydrogen-bond acceptors (Lipinski definition) is 4. The molecule has 3 aromatic rings. The fraction of sp³-hybridized carbons (Fsp3) is 0.192. The van der Waals surface area contributed by atoms with Crippen molar-refractivity contribution in [2.45, 2.75) is 37.8 Å². The highest BCUT2D eigenvalue weighted by atomic mass is 32.2. The Morgan fingerprint density at radius 3 is 2.24 bits per heavy atom. The Kier molecular flexibility index (Phi) is 8.25. The highest BCUT2D eigenvalue weighted by molar-refractivity contribution is 8.00. The van der Waals surface area contributed by atoms with Crippen LogP contribution in [0.4, 0.5) is 17.1 Å². The minimum atomic E-state index is -0.273. The van der Waals surface area contributed by atoms with Crippen molar-refractivity contribution in [1.82, 2.24) is 0 Å². The standard InChI is InChI=1S/C26H27N3O2S2/c1-16-7-5-10-24(17(16)2)29-25(31)19(4)33-23-9-6-8-22(15-23)28-26(32)27-21-13-11-20(12-14-21)18(3)30/h5-15,19H,1-4H3,(H,29,31)(H2,27,28,32). The van der Waals surface area contributed by atoms with Crippen LogP contribution in [-0.4, -0.2) is 22.1 Å². The second-order valence-electron chi connectivity index (χ2n) is 7.74. The number of benzene rings is 3. The largest absolute Gasteiger partial charge is 0.332 e. The van der Waals surface area contributed by atoms with E-state index in [1.807, 2.05) is 75.4 Å². The molecule has 33 heavy (non-hydrogen) atoms. The average molecular weight is 478 g/mol. The smallest absolute Gasteiger partial charge is 0.237 e. The summed E-state index contributed by atoms with van der Waals surface area (Å²) in [5.41, 5.74) is 5.33. The SMILES string of the molecule is CC(=O)c1ccc(NC(=S)Nc2cccc(SC(C)C(=O)Nc3cccc(C)c3C)c2)cc1. The van der Waals surface area contributed by atoms with Crippen molar-refractivity contribution < 1.29 is 9.59 Å². The van der Waals surface area contributed by atoms with E-state index >= 15 is 0 Å². The molecule has 3 N–H and O–H groups in total. The summed E-state index contributed by atoms with van der Waals surface area (Å²) in [5, 5.41) is 9.47. The van der Waals surface area contributed by atoms with E-state index in [1.54, 1.807) is 12.1 Å². The molecule has 1 amide bonds. The second-order valence-corrected chi connectivity index (χ2v) is 9.56. The number of anilines is 3. The molecule has 0 aliphatic rings. The van der Waals surface area contributed by atoms with Crippen molar-refractivity contribution in [2.24, 2.45) is 0 Å². The fourth-order valence-electron chi connectivity index (χ4n) is 3.11. The topological polar surface area (TPSA) is 70.2 Å². The molecule has 0 radical (unpaired) electrons. The van der Waals surface area contributed by atoms with Gasteiger partial charge in [0.05, 0.1) is 5.25 Å². The van der Waals surface area contributed by atoms with Gasteiger partial charge in [-0.1, -0.05) is 18.2 Å². The Balaban J connectivity index is 1.58. The molecule has 0 aliphatic heterocycles. The summed E-state index contributed by atoms with van der Waals surface area (Å²) in [4.78, 5) is 25.1. The number of nitrogens with one attached hydrogen (secondary N) is 3. The molecule has 7 heteroatoms. The lowest BCUT2D eigenvalue weighted by molar-refractivity contribution is -0.115. The van der Waals surface area contributed by atoms with Crippen LogP contribution in [0.25, 0.3) is 0 Å². The number of carbonyl (C=O) groups excluding carboxylic acids is 2. The van der Waals surface area contributed by atoms with Gasteiger partial charge in [-0.05, 0) is 99.6 Å². The molecular formula is C26H27N3O2S2. The second kappa shape index (κ2) is 11.1. The highest BCUT2D eigenvalue weighted by Gasteiger charge is 2.16. The van der Waals surface area contributed by atoms with Crippen molar-refractivity contribution in [3.8, 4) is 0 Å². The highest BCUT2D eigenvalue weighted by Crippen LogP contribution is 2.27. The summed E-state index contributed by atoms with van der Waals surface area (Å²) in [6.45, 7) is 7.46. The minimum absolute atomic E-state index is 0.0218. The molecule has 0 saturated carbocycles. The Morgan fingerprint density at radius 2 is 1.55 bits per heavy atom. The fourth-order valence-corrected chi connectivity index (χ4v) is 4.27. The van der Waals surface area contributed by atoms with Gasteiger partial charge in [0.1, 0.15) is 0 Å². The summed E-state index contributed by atoms with van der Waals surface area (Å²) in [6, 6.07) is 20.8. The van der Waals surface area contributed by atoms with Crippen molar-refractivity contribution >= 4 is 57.8 Å². The van der Waals surface area contributed by atoms with Crippen molar-refractivity contribution in [1.29, 1.82) is 0 Å². The number of thioether (sulfide) groups is 1. The third-order valence-electron chi connectivity index (χ3n) is 5.19. The third kappa shape index (κ3) is 6.91. The van der Waals surface area contributed by atoms with Crippen LogP contribution in [0.5, 0.6) is 0 Å². The van der Waals surface area contributed by atoms with Gasteiger partial charge in [-0.25, -0.2) is 0 Å². The summed E-state index contributed by atoms with van der Waals surface area (Å²) in [5.74, 6) is -0.0215. The molecule has 1 unspecified atom stereocenters. The molecule has 5 nitrogen and oxygen atoms in total. The molecule has 0 heterocycles. The van der Waals surface area contributed by atoms with E-state index in [-0.39, 0.29) is 16.9 Å². The van der Waals surface area contributed by atoms with Gasteiger partial charge in [0.2, 0.25) is 5.91 Å². The molecule has 3 aromatic carbocycles. The van der Waals surface area contributed by atoms with E-state index < -0.39 is 0 Å². The van der Waals surface area contributed by atoms with Gasteiger partial charge in [0, 0.05) is 27.5 Å². The molecular weight excluding hydrogens is 450 g/mol. The maximum Gasteiger partial charge on any atom is 0.237 e. The number of ketones is 1. The first-order valence-electron chi connectivity index (χ1n) is 10.6. The first kappa shape index (κ1) is 24.5. The molecule has 0 bridgehead atoms. The number of aryl methyl sites for hydroxylation is 1. The number of amides is 1. The van der Waals surface area contributed by atoms with Crippen LogP contribution >= 0.6 is 24.0 Å². The molecule has 0 aliphatic carbocycles. The first-order chi connectivity index (χ1) is 15.7. The van der Waals surface area contributed by atoms with Gasteiger partial charge in [0.25, 0.3) is 0 Å². The Labute approximate surface area is 204 Å². The Bertz CT molecular complexity index is 1180. The molecule has 170 valence electrons. The van der Waals surface area contributed by atoms with Gasteiger partial charge in [0.15, 0.2) is 10.9 Å². The number of rotatable bonds is 7. The van der Waals surface area contributed by atoms with Crippen LogP contribution in [0.3, 0.4) is 0 Å². The summed E-state index contributed by atoms with van der Waals surface area (Å²) >= 11 is 6.89. The lowest BCUT2D eigenvalue weighted by Gasteiger charge is -2.15. The average Bonchev–Trinajstić information content (AvgIpc) is 2.77. The number of carbonyl (C=O) groups is 2. The monoisotopic (exact) mass is 477 g/mol. The summed E-state index contributed by atoms with van der Waals surface area (Å²) in [6.07, 6.45) is 0. The zero-order valence-electron chi connectivity index (χ0n) is 19.1. The van der Waals surface area contributed by atoms with E-state index in [0.717, 1.165) is 33.1 Å². The van der Waals surface area contributed by atoms with Crippen molar-refractivity contribution in [3.63, 3.8) is 0 Å². The van der Waals surface area contributed by atoms with Crippen molar-refractivity contribution in [2.75, 3.05) is 16.0 Å². The van der Waals surface area contributed by atoms with E-state index in [9.17, 15) is 9.59 Å². The predicted molar refractivity (Wildman–Crippen MR) is 143 cm³/mol. The Hall–Kier alpha value is -3.16. The molecule has 0 spiro atoms. The zero-order chi connectivity index (χ0) is 24.0. The molecule has 1 atom stereocenters. The zero-order valence-corrected chi connectivity index (χ0v) is 20.7. The normalized spacial score (nSPS) is 11.4. The lowest BCUT2D eigenvalue weighted by Crippen LogP contribution is -2.23.